The number of amides is 2. The molecule has 30 heavy (non-hydrogen) atoms. The number of aromatic nitrogens is 1. The third-order valence-corrected chi connectivity index (χ3v) is 4.36. The van der Waals surface area contributed by atoms with E-state index in [-0.39, 0.29) is 17.4 Å². The van der Waals surface area contributed by atoms with Crippen LogP contribution in [0.3, 0.4) is 0 Å². The van der Waals surface area contributed by atoms with Gasteiger partial charge in [0.2, 0.25) is 11.8 Å². The molecule has 2 aromatic rings. The number of pyridine rings is 1. The summed E-state index contributed by atoms with van der Waals surface area (Å²) in [7, 11) is 0. The summed E-state index contributed by atoms with van der Waals surface area (Å²) in [5.74, 6) is -1.11. The van der Waals surface area contributed by atoms with Gasteiger partial charge in [0, 0.05) is 25.4 Å². The quantitative estimate of drug-likeness (QED) is 0.772. The molecule has 1 N–H and O–H groups in total. The second kappa shape index (κ2) is 9.57. The van der Waals surface area contributed by atoms with Crippen molar-refractivity contribution < 1.29 is 32.2 Å². The molecule has 0 aliphatic carbocycles. The Balaban J connectivity index is 1.72. The monoisotopic (exact) mass is 423 g/mol. The van der Waals surface area contributed by atoms with Crippen LogP contribution < -0.4 is 10.1 Å². The van der Waals surface area contributed by atoms with Gasteiger partial charge in [-0.25, -0.2) is 4.98 Å². The van der Waals surface area contributed by atoms with Gasteiger partial charge in [0.1, 0.15) is 6.04 Å². The van der Waals surface area contributed by atoms with Crippen molar-refractivity contribution in [2.45, 2.75) is 12.2 Å². The lowest BCUT2D eigenvalue weighted by atomic mass is 10.0. The van der Waals surface area contributed by atoms with Crippen LogP contribution in [0.2, 0.25) is 0 Å². The normalized spacial score (nSPS) is 15.4. The summed E-state index contributed by atoms with van der Waals surface area (Å²) in [6.07, 6.45) is -3.39. The maximum absolute atomic E-state index is 13.0. The van der Waals surface area contributed by atoms with Gasteiger partial charge in [-0.2, -0.15) is 13.2 Å². The first-order chi connectivity index (χ1) is 14.3. The van der Waals surface area contributed by atoms with Gasteiger partial charge in [0.05, 0.1) is 18.8 Å². The predicted molar refractivity (Wildman–Crippen MR) is 99.8 cm³/mol. The van der Waals surface area contributed by atoms with E-state index in [0.717, 1.165) is 6.20 Å². The van der Waals surface area contributed by atoms with Crippen LogP contribution in [0.1, 0.15) is 22.0 Å². The van der Waals surface area contributed by atoms with E-state index in [1.54, 1.807) is 35.2 Å². The molecule has 1 atom stereocenters. The standard InChI is InChI=1S/C20H20F3N3O4/c21-20(22,23)13-30-16-7-6-15(12-24-16)18(27)25-17(14-4-2-1-3-5-14)19(28)26-8-10-29-11-9-26/h1-7,12,17H,8-11,13H2,(H,25,27)/t17-/m1/s1. The zero-order chi connectivity index (χ0) is 21.6. The van der Waals surface area contributed by atoms with Crippen LogP contribution in [0.5, 0.6) is 5.88 Å². The highest BCUT2D eigenvalue weighted by atomic mass is 19.4. The van der Waals surface area contributed by atoms with Crippen molar-refractivity contribution in [2.75, 3.05) is 32.9 Å². The van der Waals surface area contributed by atoms with Crippen LogP contribution >= 0.6 is 0 Å². The third-order valence-electron chi connectivity index (χ3n) is 4.36. The molecule has 0 unspecified atom stereocenters. The molecule has 1 aromatic heterocycles. The zero-order valence-corrected chi connectivity index (χ0v) is 15.9. The maximum atomic E-state index is 13.0. The number of ether oxygens (including phenoxy) is 2. The summed E-state index contributed by atoms with van der Waals surface area (Å²) in [5.41, 5.74) is 0.700. The molecule has 0 bridgehead atoms. The van der Waals surface area contributed by atoms with Crippen LogP contribution in [-0.4, -0.2) is 60.8 Å². The van der Waals surface area contributed by atoms with E-state index in [9.17, 15) is 22.8 Å². The van der Waals surface area contributed by atoms with Gasteiger partial charge in [-0.15, -0.1) is 0 Å². The molecule has 1 aromatic carbocycles. The van der Waals surface area contributed by atoms with Gasteiger partial charge < -0.3 is 19.7 Å². The van der Waals surface area contributed by atoms with E-state index in [4.69, 9.17) is 4.74 Å². The number of alkyl halides is 3. The largest absolute Gasteiger partial charge is 0.468 e. The minimum absolute atomic E-state index is 0.0880. The number of hydrogen-bond acceptors (Lipinski definition) is 5. The molecule has 10 heteroatoms. The number of benzene rings is 1. The minimum Gasteiger partial charge on any atom is -0.468 e. The number of nitrogens with zero attached hydrogens (tertiary/aromatic N) is 2. The van der Waals surface area contributed by atoms with Gasteiger partial charge >= 0.3 is 6.18 Å². The smallest absolute Gasteiger partial charge is 0.422 e. The molecule has 0 radical (unpaired) electrons. The Morgan fingerprint density at radius 1 is 1.13 bits per heavy atom. The topological polar surface area (TPSA) is 80.8 Å². The van der Waals surface area contributed by atoms with Crippen LogP contribution in [0.15, 0.2) is 48.7 Å². The Morgan fingerprint density at radius 2 is 1.83 bits per heavy atom. The zero-order valence-electron chi connectivity index (χ0n) is 15.9. The van der Waals surface area contributed by atoms with Gasteiger partial charge in [0.25, 0.3) is 5.91 Å². The van der Waals surface area contributed by atoms with Crippen LogP contribution in [-0.2, 0) is 9.53 Å². The molecule has 0 spiro atoms. The summed E-state index contributed by atoms with van der Waals surface area (Å²) in [6, 6.07) is 10.3. The highest BCUT2D eigenvalue weighted by Gasteiger charge is 2.30. The van der Waals surface area contributed by atoms with Crippen molar-refractivity contribution in [1.82, 2.24) is 15.2 Å². The summed E-state index contributed by atoms with van der Waals surface area (Å²) in [6.45, 7) is 0.209. The van der Waals surface area contributed by atoms with E-state index in [1.807, 2.05) is 0 Å². The average molecular weight is 423 g/mol. The first kappa shape index (κ1) is 21.6. The second-order valence-corrected chi connectivity index (χ2v) is 6.54. The van der Waals surface area contributed by atoms with E-state index >= 15 is 0 Å². The van der Waals surface area contributed by atoms with Crippen molar-refractivity contribution in [3.05, 3.63) is 59.8 Å². The fourth-order valence-corrected chi connectivity index (χ4v) is 2.87. The summed E-state index contributed by atoms with van der Waals surface area (Å²) in [5, 5.41) is 2.69. The van der Waals surface area contributed by atoms with Crippen molar-refractivity contribution in [1.29, 1.82) is 0 Å². The molecule has 1 fully saturated rings. The van der Waals surface area contributed by atoms with Gasteiger partial charge in [-0.3, -0.25) is 9.59 Å². The van der Waals surface area contributed by atoms with Crippen molar-refractivity contribution in [3.8, 4) is 5.88 Å². The summed E-state index contributed by atoms with van der Waals surface area (Å²) >= 11 is 0. The summed E-state index contributed by atoms with van der Waals surface area (Å²) < 4.78 is 46.5. The number of carbonyl (C=O) groups excluding carboxylic acids is 2. The van der Waals surface area contributed by atoms with E-state index in [0.29, 0.717) is 31.9 Å². The van der Waals surface area contributed by atoms with Crippen molar-refractivity contribution in [2.24, 2.45) is 0 Å². The first-order valence-corrected chi connectivity index (χ1v) is 9.21. The molecule has 0 saturated carbocycles. The van der Waals surface area contributed by atoms with Gasteiger partial charge in [-0.05, 0) is 11.6 Å². The Morgan fingerprint density at radius 3 is 2.43 bits per heavy atom. The van der Waals surface area contributed by atoms with Crippen molar-refractivity contribution >= 4 is 11.8 Å². The van der Waals surface area contributed by atoms with E-state index in [2.05, 4.69) is 15.0 Å². The molecular weight excluding hydrogens is 403 g/mol. The predicted octanol–water partition coefficient (Wildman–Crippen LogP) is 2.35. The number of halogens is 3. The molecule has 1 aliphatic rings. The van der Waals surface area contributed by atoms with Gasteiger partial charge in [0.15, 0.2) is 6.61 Å². The molecule has 7 nitrogen and oxygen atoms in total. The van der Waals surface area contributed by atoms with E-state index in [1.165, 1.54) is 12.1 Å². The lowest BCUT2D eigenvalue weighted by molar-refractivity contribution is -0.154. The SMILES string of the molecule is O=C(N[C@@H](C(=O)N1CCOCC1)c1ccccc1)c1ccc(OCC(F)(F)F)nc1. The number of nitrogens with one attached hydrogen (secondary N) is 1. The first-order valence-electron chi connectivity index (χ1n) is 9.21. The van der Waals surface area contributed by atoms with Crippen LogP contribution in [0, 0.1) is 0 Å². The van der Waals surface area contributed by atoms with Crippen LogP contribution in [0.4, 0.5) is 13.2 Å². The van der Waals surface area contributed by atoms with Crippen LogP contribution in [0.25, 0.3) is 0 Å². The highest BCUT2D eigenvalue weighted by molar-refractivity contribution is 5.97. The number of rotatable bonds is 6. The molecule has 160 valence electrons. The Kier molecular flexibility index (Phi) is 6.88. The molecule has 2 heterocycles. The summed E-state index contributed by atoms with van der Waals surface area (Å²) in [4.78, 5) is 31.0. The number of hydrogen-bond donors (Lipinski definition) is 1. The third kappa shape index (κ3) is 5.93. The maximum Gasteiger partial charge on any atom is 0.422 e. The Labute approximate surface area is 170 Å². The molecule has 1 aliphatic heterocycles. The average Bonchev–Trinajstić information content (AvgIpc) is 2.76. The molecule has 3 rings (SSSR count). The van der Waals surface area contributed by atoms with Crippen molar-refractivity contribution in [3.63, 3.8) is 0 Å². The fourth-order valence-electron chi connectivity index (χ4n) is 2.87. The Bertz CT molecular complexity index is 854. The molecule has 2 amide bonds. The lowest BCUT2D eigenvalue weighted by Gasteiger charge is -2.31. The lowest BCUT2D eigenvalue weighted by Crippen LogP contribution is -2.47. The fraction of sp³-hybridized carbons (Fsp3) is 0.350. The Hall–Kier alpha value is -3.14. The highest BCUT2D eigenvalue weighted by Crippen LogP contribution is 2.19. The van der Waals surface area contributed by atoms with E-state index < -0.39 is 24.7 Å². The van der Waals surface area contributed by atoms with Gasteiger partial charge in [-0.1, -0.05) is 30.3 Å². The second-order valence-electron chi connectivity index (χ2n) is 6.54. The number of morpholine rings is 1. The molecular formula is C20H20F3N3O4. The molecule has 1 saturated heterocycles. The minimum atomic E-state index is -4.49. The number of carbonyl (C=O) groups is 2.